The zero-order chi connectivity index (χ0) is 14.2. The van der Waals surface area contributed by atoms with Gasteiger partial charge in [0.1, 0.15) is 6.20 Å². The first-order chi connectivity index (χ1) is 8.93. The van der Waals surface area contributed by atoms with Crippen LogP contribution in [0, 0.1) is 27.9 Å². The molecule has 19 heavy (non-hydrogen) atoms. The summed E-state index contributed by atoms with van der Waals surface area (Å²) in [6.45, 7) is 8.49. The van der Waals surface area contributed by atoms with E-state index in [0.29, 0.717) is 17.4 Å². The second-order valence-corrected chi connectivity index (χ2v) is 5.53. The largest absolute Gasteiger partial charge is 0.370 e. The number of rotatable bonds is 2. The number of aromatic nitrogens is 1. The number of pyridine rings is 1. The van der Waals surface area contributed by atoms with Crippen LogP contribution in [-0.4, -0.2) is 16.0 Å². The molecule has 1 aromatic rings. The van der Waals surface area contributed by atoms with Gasteiger partial charge < -0.3 is 4.74 Å². The molecule has 5 heteroatoms. The summed E-state index contributed by atoms with van der Waals surface area (Å²) in [5.41, 5.74) is 0.686. The number of ether oxygens (including phenoxy) is 1. The van der Waals surface area contributed by atoms with Gasteiger partial charge in [-0.3, -0.25) is 15.1 Å². The van der Waals surface area contributed by atoms with Crippen LogP contribution in [-0.2, 0) is 4.74 Å². The molecular weight excluding hydrogens is 244 g/mol. The second-order valence-electron chi connectivity index (χ2n) is 5.53. The van der Waals surface area contributed by atoms with E-state index in [-0.39, 0.29) is 28.7 Å². The second kappa shape index (κ2) is 5.25. The first-order valence-electron chi connectivity index (χ1n) is 6.67. The van der Waals surface area contributed by atoms with Crippen molar-refractivity contribution in [2.75, 3.05) is 0 Å². The minimum atomic E-state index is -0.383. The van der Waals surface area contributed by atoms with E-state index in [0.717, 1.165) is 0 Å². The Hall–Kier alpha value is -1.49. The van der Waals surface area contributed by atoms with Gasteiger partial charge in [0.25, 0.3) is 5.69 Å². The maximum Gasteiger partial charge on any atom is 0.293 e. The SMILES string of the molecule is C[C@H]1[C@@H](C)[C@@H](C)O[C@@H](c2ccncc2[N+](=O)[O-])[C@H]1C. The highest BCUT2D eigenvalue weighted by molar-refractivity contribution is 5.39. The van der Waals surface area contributed by atoms with E-state index in [1.54, 1.807) is 12.3 Å². The molecule has 2 heterocycles. The van der Waals surface area contributed by atoms with Crippen LogP contribution in [0.4, 0.5) is 5.69 Å². The van der Waals surface area contributed by atoms with Gasteiger partial charge in [0.05, 0.1) is 22.7 Å². The summed E-state index contributed by atoms with van der Waals surface area (Å²) >= 11 is 0. The first-order valence-corrected chi connectivity index (χ1v) is 6.67. The fourth-order valence-electron chi connectivity index (χ4n) is 2.81. The monoisotopic (exact) mass is 264 g/mol. The molecule has 1 saturated heterocycles. The third kappa shape index (κ3) is 2.47. The third-order valence-corrected chi connectivity index (χ3v) is 4.57. The molecule has 0 saturated carbocycles. The molecule has 2 rings (SSSR count). The maximum absolute atomic E-state index is 11.1. The zero-order valence-electron chi connectivity index (χ0n) is 11.7. The molecule has 0 spiro atoms. The van der Waals surface area contributed by atoms with Crippen LogP contribution in [0.15, 0.2) is 18.5 Å². The van der Waals surface area contributed by atoms with E-state index in [1.807, 2.05) is 6.92 Å². The van der Waals surface area contributed by atoms with Gasteiger partial charge in [0.2, 0.25) is 0 Å². The first kappa shape index (κ1) is 13.9. The fourth-order valence-corrected chi connectivity index (χ4v) is 2.81. The summed E-state index contributed by atoms with van der Waals surface area (Å²) in [5.74, 6) is 1.15. The Kier molecular flexibility index (Phi) is 3.85. The van der Waals surface area contributed by atoms with Crippen molar-refractivity contribution in [2.24, 2.45) is 17.8 Å². The van der Waals surface area contributed by atoms with Gasteiger partial charge in [-0.2, -0.15) is 0 Å². The van der Waals surface area contributed by atoms with E-state index < -0.39 is 0 Å². The number of nitrogens with zero attached hydrogens (tertiary/aromatic N) is 2. The van der Waals surface area contributed by atoms with Gasteiger partial charge in [0.15, 0.2) is 0 Å². The molecule has 5 atom stereocenters. The lowest BCUT2D eigenvalue weighted by atomic mass is 9.75. The third-order valence-electron chi connectivity index (χ3n) is 4.57. The van der Waals surface area contributed by atoms with Gasteiger partial charge in [-0.05, 0) is 30.7 Å². The average molecular weight is 264 g/mol. The van der Waals surface area contributed by atoms with Crippen LogP contribution in [0.3, 0.4) is 0 Å². The van der Waals surface area contributed by atoms with Crippen LogP contribution in [0.2, 0.25) is 0 Å². The molecule has 1 aromatic heterocycles. The van der Waals surface area contributed by atoms with Crippen molar-refractivity contribution in [1.29, 1.82) is 0 Å². The van der Waals surface area contributed by atoms with E-state index >= 15 is 0 Å². The van der Waals surface area contributed by atoms with Crippen LogP contribution in [0.1, 0.15) is 39.4 Å². The van der Waals surface area contributed by atoms with Gasteiger partial charge in [-0.1, -0.05) is 20.8 Å². The zero-order valence-corrected chi connectivity index (χ0v) is 11.7. The predicted octanol–water partition coefficient (Wildman–Crippen LogP) is 3.36. The quantitative estimate of drug-likeness (QED) is 0.607. The van der Waals surface area contributed by atoms with Crippen molar-refractivity contribution in [3.8, 4) is 0 Å². The van der Waals surface area contributed by atoms with Gasteiger partial charge in [0, 0.05) is 6.20 Å². The van der Waals surface area contributed by atoms with Crippen molar-refractivity contribution in [1.82, 2.24) is 4.98 Å². The van der Waals surface area contributed by atoms with Gasteiger partial charge in [-0.25, -0.2) is 0 Å². The fraction of sp³-hybridized carbons (Fsp3) is 0.643. The molecule has 1 fully saturated rings. The minimum absolute atomic E-state index is 0.0494. The standard InChI is InChI=1S/C14H20N2O3/c1-8-9(2)11(4)19-14(10(8)3)12-5-6-15-7-13(12)16(17)18/h5-11,14H,1-4H3/t8-,9+,10-,11+,14+/m0/s1. The smallest absolute Gasteiger partial charge is 0.293 e. The molecule has 1 aliphatic rings. The van der Waals surface area contributed by atoms with Gasteiger partial charge in [-0.15, -0.1) is 0 Å². The summed E-state index contributed by atoms with van der Waals surface area (Å²) in [6, 6.07) is 1.70. The highest BCUT2D eigenvalue weighted by Crippen LogP contribution is 2.44. The molecule has 1 aliphatic heterocycles. The lowest BCUT2D eigenvalue weighted by Crippen LogP contribution is -2.39. The summed E-state index contributed by atoms with van der Waals surface area (Å²) in [4.78, 5) is 14.6. The van der Waals surface area contributed by atoms with Crippen molar-refractivity contribution in [2.45, 2.75) is 39.9 Å². The van der Waals surface area contributed by atoms with Crippen molar-refractivity contribution in [3.63, 3.8) is 0 Å². The summed E-state index contributed by atoms with van der Waals surface area (Å²) < 4.78 is 6.03. The van der Waals surface area contributed by atoms with Crippen molar-refractivity contribution < 1.29 is 9.66 Å². The Labute approximate surface area is 113 Å². The van der Waals surface area contributed by atoms with Gasteiger partial charge >= 0.3 is 0 Å². The summed E-state index contributed by atoms with van der Waals surface area (Å²) in [6.07, 6.45) is 2.76. The normalized spacial score (nSPS) is 35.1. The molecule has 104 valence electrons. The summed E-state index contributed by atoms with van der Waals surface area (Å²) in [7, 11) is 0. The van der Waals surface area contributed by atoms with Crippen LogP contribution < -0.4 is 0 Å². The predicted molar refractivity (Wildman–Crippen MR) is 71.7 cm³/mol. The van der Waals surface area contributed by atoms with Crippen molar-refractivity contribution >= 4 is 5.69 Å². The Balaban J connectivity index is 2.39. The van der Waals surface area contributed by atoms with Crippen molar-refractivity contribution in [3.05, 3.63) is 34.1 Å². The Morgan fingerprint density at radius 3 is 2.53 bits per heavy atom. The Morgan fingerprint density at radius 1 is 1.21 bits per heavy atom. The average Bonchev–Trinajstić information content (AvgIpc) is 2.40. The van der Waals surface area contributed by atoms with Crippen LogP contribution in [0.25, 0.3) is 0 Å². The highest BCUT2D eigenvalue weighted by atomic mass is 16.6. The lowest BCUT2D eigenvalue weighted by Gasteiger charge is -2.42. The molecule has 0 amide bonds. The van der Waals surface area contributed by atoms with E-state index in [2.05, 4.69) is 25.8 Å². The molecule has 5 nitrogen and oxygen atoms in total. The summed E-state index contributed by atoms with van der Waals surface area (Å²) in [5, 5.41) is 11.1. The maximum atomic E-state index is 11.1. The number of nitro groups is 1. The van der Waals surface area contributed by atoms with E-state index in [4.69, 9.17) is 4.74 Å². The Morgan fingerprint density at radius 2 is 1.89 bits per heavy atom. The highest BCUT2D eigenvalue weighted by Gasteiger charge is 2.40. The van der Waals surface area contributed by atoms with Crippen LogP contribution >= 0.6 is 0 Å². The molecule has 0 radical (unpaired) electrons. The molecule has 0 N–H and O–H groups in total. The minimum Gasteiger partial charge on any atom is -0.370 e. The molecule has 0 aromatic carbocycles. The van der Waals surface area contributed by atoms with E-state index in [9.17, 15) is 10.1 Å². The topological polar surface area (TPSA) is 65.3 Å². The Bertz CT molecular complexity index is 478. The molecule has 0 aliphatic carbocycles. The number of hydrogen-bond donors (Lipinski definition) is 0. The molecule has 0 unspecified atom stereocenters. The molecular formula is C14H20N2O3. The number of hydrogen-bond acceptors (Lipinski definition) is 4. The lowest BCUT2D eigenvalue weighted by molar-refractivity contribution is -0.387. The van der Waals surface area contributed by atoms with Crippen LogP contribution in [0.5, 0.6) is 0 Å². The molecule has 0 bridgehead atoms. The van der Waals surface area contributed by atoms with E-state index in [1.165, 1.54) is 6.20 Å².